The number of rotatable bonds is 3. The van der Waals surface area contributed by atoms with E-state index in [0.717, 1.165) is 18.2 Å². The van der Waals surface area contributed by atoms with E-state index >= 15 is 0 Å². The number of hydrogen-bond acceptors (Lipinski definition) is 1. The largest absolute Gasteiger partial charge is 0.507 e. The average molecular weight is 206 g/mol. The minimum Gasteiger partial charge on any atom is -0.507 e. The third-order valence-electron chi connectivity index (χ3n) is 3.31. The predicted molar refractivity (Wildman–Crippen MR) is 60.6 cm³/mol. The van der Waals surface area contributed by atoms with Crippen LogP contribution < -0.4 is 5.32 Å². The van der Waals surface area contributed by atoms with Crippen molar-refractivity contribution in [2.75, 3.05) is 0 Å². The smallest absolute Gasteiger partial charge is 0.124 e. The number of benzene rings is 1. The molecule has 0 aromatic heterocycles. The molecule has 0 heterocycles. The van der Waals surface area contributed by atoms with Gasteiger partial charge in [0.15, 0.2) is 0 Å². The van der Waals surface area contributed by atoms with Gasteiger partial charge in [0.25, 0.3) is 0 Å². The lowest BCUT2D eigenvalue weighted by Gasteiger charge is -2.19. The maximum absolute atomic E-state index is 9.62. The third-order valence-corrected chi connectivity index (χ3v) is 3.31. The van der Waals surface area contributed by atoms with Crippen molar-refractivity contribution in [3.8, 4) is 5.75 Å². The summed E-state index contributed by atoms with van der Waals surface area (Å²) in [5.74, 6) is 0.435. The normalized spacial score (nSPS) is 17.9. The van der Waals surface area contributed by atoms with Gasteiger partial charge < -0.3 is 10.4 Å². The molecule has 0 bridgehead atoms. The Morgan fingerprint density at radius 2 is 1.87 bits per heavy atom. The second kappa shape index (κ2) is 5.17. The van der Waals surface area contributed by atoms with Crippen LogP contribution in [0.25, 0.3) is 0 Å². The summed E-state index contributed by atoms with van der Waals surface area (Å²) in [6.45, 7) is 0.914. The fourth-order valence-electron chi connectivity index (χ4n) is 2.35. The number of phenolic OH excluding ortho intramolecular Hbond substituents is 1. The zero-order valence-electron chi connectivity index (χ0n) is 9.15. The van der Waals surface area contributed by atoms with Gasteiger partial charge in [-0.3, -0.25) is 0 Å². The molecule has 0 spiro atoms. The Kier molecular flexibility index (Phi) is 3.62. The summed E-state index contributed by atoms with van der Waals surface area (Å²) in [6.07, 6.45) is 6.84. The highest BCUT2D eigenvalue weighted by Gasteiger charge is 2.16. The molecule has 0 saturated heterocycles. The van der Waals surface area contributed by atoms with Gasteiger partial charge in [-0.15, -0.1) is 0 Å². The quantitative estimate of drug-likeness (QED) is 0.777. The van der Waals surface area contributed by atoms with E-state index < -0.39 is 0 Å². The van der Waals surface area contributed by atoms with Crippen molar-refractivity contribution in [2.45, 2.75) is 44.7 Å². The molecule has 1 saturated carbocycles. The van der Waals surface area contributed by atoms with Crippen LogP contribution in [-0.2, 0) is 6.54 Å². The van der Waals surface area contributed by atoms with Gasteiger partial charge in [-0.05, 0) is 37.8 Å². The third kappa shape index (κ3) is 2.96. The van der Waals surface area contributed by atoms with Gasteiger partial charge in [0.2, 0.25) is 0 Å². The first-order valence-electron chi connectivity index (χ1n) is 5.96. The highest BCUT2D eigenvalue weighted by Crippen LogP contribution is 2.16. The van der Waals surface area contributed by atoms with Crippen LogP contribution in [0.5, 0.6) is 5.75 Å². The van der Waals surface area contributed by atoms with Crippen LogP contribution in [-0.4, -0.2) is 11.1 Å². The number of nitrogens with two attached hydrogens (primary N) is 1. The minimum atomic E-state index is 0.435. The predicted octanol–water partition coefficient (Wildman–Crippen LogP) is 1.79. The van der Waals surface area contributed by atoms with Gasteiger partial charge in [-0.25, -0.2) is 0 Å². The zero-order valence-corrected chi connectivity index (χ0v) is 9.15. The summed E-state index contributed by atoms with van der Waals surface area (Å²) in [7, 11) is 0. The summed E-state index contributed by atoms with van der Waals surface area (Å²) in [4.78, 5) is 0. The Bertz CT molecular complexity index is 305. The van der Waals surface area contributed by atoms with E-state index in [0.29, 0.717) is 5.75 Å². The van der Waals surface area contributed by atoms with Crippen molar-refractivity contribution in [2.24, 2.45) is 0 Å². The van der Waals surface area contributed by atoms with Gasteiger partial charge in [-0.1, -0.05) is 18.6 Å². The Balaban J connectivity index is 1.84. The first kappa shape index (κ1) is 10.5. The van der Waals surface area contributed by atoms with Crippen LogP contribution >= 0.6 is 0 Å². The number of para-hydroxylation sites is 1. The summed E-state index contributed by atoms with van der Waals surface area (Å²) < 4.78 is 0. The van der Waals surface area contributed by atoms with Crippen molar-refractivity contribution in [1.82, 2.24) is 0 Å². The van der Waals surface area contributed by atoms with Gasteiger partial charge >= 0.3 is 0 Å². The first-order chi connectivity index (χ1) is 7.36. The molecule has 2 rings (SSSR count). The topological polar surface area (TPSA) is 36.8 Å². The number of aromatic hydroxyl groups is 1. The fourth-order valence-corrected chi connectivity index (χ4v) is 2.35. The van der Waals surface area contributed by atoms with E-state index in [1.807, 2.05) is 18.2 Å². The standard InChI is InChI=1S/C13H19NO/c15-13-9-5-4-6-11(13)10-14-12-7-2-1-3-8-12/h4-6,9,12,14-15H,1-3,7-8,10H2/p+1. The van der Waals surface area contributed by atoms with Crippen molar-refractivity contribution < 1.29 is 10.4 Å². The molecular formula is C13H20NO+. The van der Waals surface area contributed by atoms with Crippen LogP contribution in [0.4, 0.5) is 0 Å². The highest BCUT2D eigenvalue weighted by atomic mass is 16.3. The van der Waals surface area contributed by atoms with Gasteiger partial charge in [0.1, 0.15) is 12.3 Å². The van der Waals surface area contributed by atoms with Gasteiger partial charge in [0.05, 0.1) is 6.04 Å². The van der Waals surface area contributed by atoms with Crippen LogP contribution in [0.15, 0.2) is 24.3 Å². The van der Waals surface area contributed by atoms with Crippen LogP contribution in [0.1, 0.15) is 37.7 Å². The van der Waals surface area contributed by atoms with Crippen molar-refractivity contribution in [1.29, 1.82) is 0 Å². The average Bonchev–Trinajstić information content (AvgIpc) is 2.29. The van der Waals surface area contributed by atoms with Crippen LogP contribution in [0.3, 0.4) is 0 Å². The Labute approximate surface area is 91.3 Å². The lowest BCUT2D eigenvalue weighted by Crippen LogP contribution is -2.88. The fraction of sp³-hybridized carbons (Fsp3) is 0.538. The van der Waals surface area contributed by atoms with Gasteiger partial charge in [0, 0.05) is 5.56 Å². The zero-order chi connectivity index (χ0) is 10.5. The summed E-state index contributed by atoms with van der Waals surface area (Å²) >= 11 is 0. The maximum Gasteiger partial charge on any atom is 0.124 e. The molecule has 0 radical (unpaired) electrons. The second-order valence-corrected chi connectivity index (χ2v) is 4.47. The Morgan fingerprint density at radius 1 is 1.13 bits per heavy atom. The molecule has 82 valence electrons. The molecule has 15 heavy (non-hydrogen) atoms. The van der Waals surface area contributed by atoms with E-state index in [9.17, 15) is 5.11 Å². The van der Waals surface area contributed by atoms with E-state index in [2.05, 4.69) is 5.32 Å². The molecule has 1 aliphatic carbocycles. The van der Waals surface area contributed by atoms with E-state index in [-0.39, 0.29) is 0 Å². The Morgan fingerprint density at radius 3 is 2.60 bits per heavy atom. The molecule has 1 fully saturated rings. The molecule has 0 amide bonds. The molecule has 3 N–H and O–H groups in total. The number of quaternary nitrogens is 1. The molecule has 1 aromatic rings. The van der Waals surface area contributed by atoms with Crippen LogP contribution in [0, 0.1) is 0 Å². The number of hydrogen-bond donors (Lipinski definition) is 2. The molecule has 1 aliphatic rings. The minimum absolute atomic E-state index is 0.435. The maximum atomic E-state index is 9.62. The SMILES string of the molecule is Oc1ccccc1C[NH2+]C1CCCCC1. The van der Waals surface area contributed by atoms with Crippen molar-refractivity contribution in [3.63, 3.8) is 0 Å². The molecule has 1 aromatic carbocycles. The summed E-state index contributed by atoms with van der Waals surface area (Å²) in [5, 5.41) is 12.0. The van der Waals surface area contributed by atoms with Crippen molar-refractivity contribution in [3.05, 3.63) is 29.8 Å². The monoisotopic (exact) mass is 206 g/mol. The second-order valence-electron chi connectivity index (χ2n) is 4.47. The van der Waals surface area contributed by atoms with Crippen molar-refractivity contribution >= 4 is 0 Å². The van der Waals surface area contributed by atoms with Crippen LogP contribution in [0.2, 0.25) is 0 Å². The lowest BCUT2D eigenvalue weighted by atomic mass is 9.95. The lowest BCUT2D eigenvalue weighted by molar-refractivity contribution is -0.706. The highest BCUT2D eigenvalue weighted by molar-refractivity contribution is 5.30. The molecule has 2 heteroatoms. The number of phenols is 1. The first-order valence-corrected chi connectivity index (χ1v) is 5.96. The van der Waals surface area contributed by atoms with E-state index in [1.165, 1.54) is 32.1 Å². The molecule has 2 nitrogen and oxygen atoms in total. The van der Waals surface area contributed by atoms with Gasteiger partial charge in [-0.2, -0.15) is 0 Å². The van der Waals surface area contributed by atoms with E-state index in [4.69, 9.17) is 0 Å². The summed E-state index contributed by atoms with van der Waals surface area (Å²) in [5.41, 5.74) is 1.06. The Hall–Kier alpha value is -1.02. The molecular weight excluding hydrogens is 186 g/mol. The summed E-state index contributed by atoms with van der Waals surface area (Å²) in [6, 6.07) is 8.42. The molecule has 0 unspecified atom stereocenters. The van der Waals surface area contributed by atoms with E-state index in [1.54, 1.807) is 6.07 Å². The molecule has 0 aliphatic heterocycles. The molecule has 0 atom stereocenters.